The minimum absolute atomic E-state index is 0.0214. The van der Waals surface area contributed by atoms with Crippen molar-refractivity contribution in [3.63, 3.8) is 0 Å². The van der Waals surface area contributed by atoms with Crippen LogP contribution in [0, 0.1) is 0 Å². The lowest BCUT2D eigenvalue weighted by molar-refractivity contribution is -0.0592. The monoisotopic (exact) mass is 1710 g/mol. The molecule has 1 aliphatic carbocycles. The first kappa shape index (κ1) is 79.2. The molecule has 0 atom stereocenters. The largest absolute Gasteiger partial charge is 0.364 e. The van der Waals surface area contributed by atoms with E-state index in [0.717, 1.165) is 30.3 Å². The number of hydroxylamine groups is 14. The Kier molecular flexibility index (Phi) is 18.7. The first-order valence-electron chi connectivity index (χ1n) is 38.1. The molecule has 0 saturated heterocycles. The third kappa shape index (κ3) is 12.8. The Morgan fingerprint density at radius 2 is 0.312 bits per heavy atom. The van der Waals surface area contributed by atoms with Crippen LogP contribution in [0.15, 0.2) is 218 Å². The van der Waals surface area contributed by atoms with Crippen molar-refractivity contribution >= 4 is 131 Å². The van der Waals surface area contributed by atoms with E-state index < -0.39 is 234 Å². The molecule has 0 fully saturated rings. The molecule has 0 aromatic heterocycles. The molecular weight excluding hydrogens is 1670 g/mol. The highest BCUT2D eigenvalue weighted by molar-refractivity contribution is 6.26. The second-order valence-electron chi connectivity index (χ2n) is 29.3. The summed E-state index contributed by atoms with van der Waals surface area (Å²) in [6, 6.07) is 42.9. The molecule has 0 spiro atoms. The molecule has 0 N–H and O–H groups in total. The SMILES string of the molecule is O=Cc1cc(C(=O)ON2C(=O)c3ccccc3C2=O)c2cc1Cc1cc(c(C(=O)ON3C(=O)c4ccccc4C3=O)cc1C(=O)ON1C(=O)c3ccccc3C1=O)Cc1cc(c(C(=O)ON3C(=O)c4ccccc4C3=O)cc1C(=O)ON1C(=O)c3ccccc3C1=O)Cc1cc(c(C(=O)ON3C(=O)c4ccccc4C3=O)cc1C(=O)ON1C(=O)c3ccccc3C1=O)C2. The van der Waals surface area contributed by atoms with Gasteiger partial charge in [-0.25, -0.2) is 33.6 Å². The second-order valence-corrected chi connectivity index (χ2v) is 29.3. The molecule has 8 bridgehead atoms. The van der Waals surface area contributed by atoms with E-state index in [4.69, 9.17) is 33.9 Å². The molecule has 622 valence electrons. The van der Waals surface area contributed by atoms with Gasteiger partial charge in [-0.15, -0.1) is 0 Å². The summed E-state index contributed by atoms with van der Waals surface area (Å²) in [6.45, 7) is 0. The highest BCUT2D eigenvalue weighted by Gasteiger charge is 2.48. The van der Waals surface area contributed by atoms with Crippen LogP contribution in [0.2, 0.25) is 0 Å². The minimum Gasteiger partial charge on any atom is -0.324 e. The summed E-state index contributed by atoms with van der Waals surface area (Å²) in [7, 11) is 0. The Morgan fingerprint density at radius 1 is 0.188 bits per heavy atom. The molecule has 19 rings (SSSR count). The van der Waals surface area contributed by atoms with Crippen molar-refractivity contribution < 1.29 is 139 Å². The summed E-state index contributed by atoms with van der Waals surface area (Å²) in [5, 5.41) is 0.291. The van der Waals surface area contributed by atoms with Crippen LogP contribution in [0.3, 0.4) is 0 Å². The van der Waals surface area contributed by atoms with E-state index in [9.17, 15) is 71.9 Å². The van der Waals surface area contributed by atoms with Gasteiger partial charge in [0.2, 0.25) is 0 Å². The lowest BCUT2D eigenvalue weighted by atomic mass is 9.84. The lowest BCUT2D eigenvalue weighted by Gasteiger charge is -2.23. The lowest BCUT2D eigenvalue weighted by Crippen LogP contribution is -2.34. The fourth-order valence-electron chi connectivity index (χ4n) is 15.9. The Morgan fingerprint density at radius 3 is 0.453 bits per heavy atom. The van der Waals surface area contributed by atoms with Crippen LogP contribution in [-0.2, 0) is 59.5 Å². The topological polar surface area (TPSA) is 463 Å². The Hall–Kier alpha value is -18.6. The zero-order valence-corrected chi connectivity index (χ0v) is 64.7. The minimum atomic E-state index is -1.78. The van der Waals surface area contributed by atoms with E-state index >= 15 is 33.6 Å². The smallest absolute Gasteiger partial charge is 0.324 e. The van der Waals surface area contributed by atoms with E-state index in [-0.39, 0.29) is 125 Å². The van der Waals surface area contributed by atoms with Crippen LogP contribution in [0.25, 0.3) is 0 Å². The predicted octanol–water partition coefficient (Wildman–Crippen LogP) is 8.75. The summed E-state index contributed by atoms with van der Waals surface area (Å²) in [6.07, 6.45) is -4.01. The van der Waals surface area contributed by atoms with E-state index in [2.05, 4.69) is 0 Å². The normalized spacial score (nSPS) is 15.0. The van der Waals surface area contributed by atoms with Crippen molar-refractivity contribution in [1.29, 1.82) is 0 Å². The molecule has 7 aliphatic heterocycles. The molecule has 0 radical (unpaired) electrons. The zero-order valence-electron chi connectivity index (χ0n) is 64.7. The van der Waals surface area contributed by atoms with Gasteiger partial charge in [0.15, 0.2) is 0 Å². The molecule has 7 heterocycles. The fourth-order valence-corrected chi connectivity index (χ4v) is 15.9. The highest BCUT2D eigenvalue weighted by atomic mass is 16.8. The molecule has 0 unspecified atom stereocenters. The van der Waals surface area contributed by atoms with E-state index in [0.29, 0.717) is 18.2 Å². The first-order chi connectivity index (χ1) is 61.6. The standard InChI is InChI=1S/C92H45N7O29/c100-41-50-37-65(86(115)122-93-72(101)51-15-1-2-16-52(51)73(93)102)43-29-42(50)30-44-32-46(67(88(117)124-95-76(105)55-19-5-6-20-56(55)77(95)106)38-66(44)87(116)123-94-74(103)53-17-3-4-18-54(53)75(94)104)34-48-36-49(71(92(121)128-99-84(113)63-27-13-14-28-64(63)85(99)114)40-70(48)91(120)127-98-82(111)61-25-11-12-26-62(61)83(98)112)35-47-33-45(31-43)68(89(118)125-96-78(107)57-21-7-8-22-58(57)79(96)108)39-69(47)90(119)126-97-80(109)59-23-9-10-24-60(59)81(97)110/h1-29,32-33,36-41H,30-31,34-35H2. The number of rotatable bonds is 15. The van der Waals surface area contributed by atoms with Gasteiger partial charge in [-0.05, 0) is 179 Å². The van der Waals surface area contributed by atoms with Gasteiger partial charge in [0, 0.05) is 5.56 Å². The van der Waals surface area contributed by atoms with Gasteiger partial charge in [-0.1, -0.05) is 145 Å². The van der Waals surface area contributed by atoms with Gasteiger partial charge in [0.1, 0.15) is 6.29 Å². The molecule has 14 amide bonds. The average Bonchev–Trinajstić information content (AvgIpc) is 0.768. The molecule has 11 aromatic rings. The Balaban J connectivity index is 0.867. The summed E-state index contributed by atoms with van der Waals surface area (Å²) in [5.74, 6) is -29.3. The van der Waals surface area contributed by atoms with Crippen molar-refractivity contribution in [3.8, 4) is 0 Å². The van der Waals surface area contributed by atoms with Crippen LogP contribution >= 0.6 is 0 Å². The molecule has 11 aromatic carbocycles. The summed E-state index contributed by atoms with van der Waals surface area (Å²) in [4.78, 5) is 363. The van der Waals surface area contributed by atoms with Crippen LogP contribution < -0.4 is 0 Å². The van der Waals surface area contributed by atoms with Gasteiger partial charge in [0.05, 0.1) is 117 Å². The van der Waals surface area contributed by atoms with E-state index in [1.54, 1.807) is 0 Å². The van der Waals surface area contributed by atoms with Crippen molar-refractivity contribution in [3.05, 3.63) is 385 Å². The summed E-state index contributed by atoms with van der Waals surface area (Å²) < 4.78 is 0. The summed E-state index contributed by atoms with van der Waals surface area (Å²) >= 11 is 0. The van der Waals surface area contributed by atoms with Crippen molar-refractivity contribution in [2.24, 2.45) is 0 Å². The molecule has 36 heteroatoms. The van der Waals surface area contributed by atoms with Crippen LogP contribution in [0.1, 0.15) is 272 Å². The van der Waals surface area contributed by atoms with Gasteiger partial charge in [-0.3, -0.25) is 71.9 Å². The molecule has 128 heavy (non-hydrogen) atoms. The number of fused-ring (bicyclic) bond motifs is 15. The Bertz CT molecular complexity index is 6930. The maximum Gasteiger partial charge on any atom is 0.364 e. The van der Waals surface area contributed by atoms with Crippen LogP contribution in [0.4, 0.5) is 0 Å². The van der Waals surface area contributed by atoms with Gasteiger partial charge in [0.25, 0.3) is 82.7 Å². The molecular formula is C92H45N7O29. The fraction of sp³-hybridized carbons (Fsp3) is 0.0435. The number of carbonyl (C=O) groups is 22. The number of benzene rings is 11. The van der Waals surface area contributed by atoms with E-state index in [1.165, 1.54) is 170 Å². The molecule has 8 aliphatic rings. The number of hydrogen-bond acceptors (Lipinski definition) is 29. The number of hydrogen-bond donors (Lipinski definition) is 0. The van der Waals surface area contributed by atoms with Crippen molar-refractivity contribution in [2.45, 2.75) is 25.7 Å². The number of imide groups is 7. The predicted molar refractivity (Wildman–Crippen MR) is 419 cm³/mol. The number of nitrogens with zero attached hydrogens (tertiary/aromatic N) is 7. The maximum absolute atomic E-state index is 15.8. The maximum atomic E-state index is 15.8. The van der Waals surface area contributed by atoms with Crippen molar-refractivity contribution in [1.82, 2.24) is 35.4 Å². The number of amides is 14. The number of carbonyl (C=O) groups excluding carboxylic acids is 22. The molecule has 0 saturated carbocycles. The third-order valence-corrected chi connectivity index (χ3v) is 22.1. The van der Waals surface area contributed by atoms with Crippen molar-refractivity contribution in [2.75, 3.05) is 0 Å². The summed E-state index contributed by atoms with van der Waals surface area (Å²) in [5.41, 5.74) is -15.1. The number of aldehydes is 1. The van der Waals surface area contributed by atoms with Crippen LogP contribution in [-0.4, -0.2) is 166 Å². The third-order valence-electron chi connectivity index (χ3n) is 22.1. The Labute approximate surface area is 713 Å². The molecule has 36 nitrogen and oxygen atoms in total. The van der Waals surface area contributed by atoms with Crippen LogP contribution in [0.5, 0.6) is 0 Å². The quantitative estimate of drug-likeness (QED) is 0.0683. The zero-order chi connectivity index (χ0) is 89.4. The van der Waals surface area contributed by atoms with E-state index in [1.807, 2.05) is 0 Å². The second kappa shape index (κ2) is 30.2. The van der Waals surface area contributed by atoms with Gasteiger partial charge >= 0.3 is 41.8 Å². The highest BCUT2D eigenvalue weighted by Crippen LogP contribution is 2.39. The first-order valence-corrected chi connectivity index (χ1v) is 38.1. The van der Waals surface area contributed by atoms with Gasteiger partial charge in [-0.2, -0.15) is 0 Å². The average molecular weight is 1710 g/mol. The van der Waals surface area contributed by atoms with Gasteiger partial charge < -0.3 is 33.9 Å².